The molecule has 1 aliphatic heterocycles. The van der Waals surface area contributed by atoms with Gasteiger partial charge < -0.3 is 15.0 Å². The molecule has 0 spiro atoms. The molecule has 0 bridgehead atoms. The van der Waals surface area contributed by atoms with Gasteiger partial charge in [0.05, 0.1) is 7.11 Å². The van der Waals surface area contributed by atoms with E-state index < -0.39 is 0 Å². The SMILES string of the molecule is COc1cccnc1N(C)CCN1CCNCC1. The average molecular weight is 250 g/mol. The molecule has 1 fully saturated rings. The van der Waals surface area contributed by atoms with Crippen LogP contribution in [0.25, 0.3) is 0 Å². The molecule has 2 heterocycles. The van der Waals surface area contributed by atoms with Gasteiger partial charge in [-0.2, -0.15) is 0 Å². The molecule has 0 unspecified atom stereocenters. The number of aromatic nitrogens is 1. The topological polar surface area (TPSA) is 40.6 Å². The maximum absolute atomic E-state index is 5.33. The van der Waals surface area contributed by atoms with Crippen LogP contribution in [-0.4, -0.2) is 63.3 Å². The molecule has 1 aliphatic rings. The molecule has 5 nitrogen and oxygen atoms in total. The summed E-state index contributed by atoms with van der Waals surface area (Å²) in [5.41, 5.74) is 0. The highest BCUT2D eigenvalue weighted by atomic mass is 16.5. The summed E-state index contributed by atoms with van der Waals surface area (Å²) < 4.78 is 5.33. The van der Waals surface area contributed by atoms with E-state index in [9.17, 15) is 0 Å². The highest BCUT2D eigenvalue weighted by Crippen LogP contribution is 2.23. The van der Waals surface area contributed by atoms with Gasteiger partial charge in [-0.3, -0.25) is 4.90 Å². The Morgan fingerprint density at radius 3 is 2.94 bits per heavy atom. The molecule has 5 heteroatoms. The van der Waals surface area contributed by atoms with Crippen LogP contribution in [0.1, 0.15) is 0 Å². The molecule has 0 saturated carbocycles. The Balaban J connectivity index is 1.88. The number of methoxy groups -OCH3 is 1. The molecule has 100 valence electrons. The van der Waals surface area contributed by atoms with Crippen LogP contribution in [0.4, 0.5) is 5.82 Å². The molecule has 0 aliphatic carbocycles. The van der Waals surface area contributed by atoms with E-state index >= 15 is 0 Å². The maximum Gasteiger partial charge on any atom is 0.171 e. The fraction of sp³-hybridized carbons (Fsp3) is 0.615. The standard InChI is InChI=1S/C13H22N4O/c1-16(10-11-17-8-6-14-7-9-17)13-12(18-2)4-3-5-15-13/h3-5,14H,6-11H2,1-2H3. The molecule has 0 atom stereocenters. The van der Waals surface area contributed by atoms with E-state index in [0.717, 1.165) is 50.8 Å². The molecule has 18 heavy (non-hydrogen) atoms. The van der Waals surface area contributed by atoms with Crippen LogP contribution >= 0.6 is 0 Å². The van der Waals surface area contributed by atoms with Crippen molar-refractivity contribution in [2.75, 3.05) is 58.3 Å². The minimum atomic E-state index is 0.834. The third-order valence-corrected chi connectivity index (χ3v) is 3.29. The Kier molecular flexibility index (Phi) is 4.78. The number of nitrogens with zero attached hydrogens (tertiary/aromatic N) is 3. The summed E-state index contributed by atoms with van der Waals surface area (Å²) in [6, 6.07) is 3.84. The van der Waals surface area contributed by atoms with Crippen molar-refractivity contribution in [2.24, 2.45) is 0 Å². The van der Waals surface area contributed by atoms with Crippen molar-refractivity contribution in [3.63, 3.8) is 0 Å². The average Bonchev–Trinajstić information content (AvgIpc) is 2.45. The van der Waals surface area contributed by atoms with Crippen LogP contribution < -0.4 is 15.0 Å². The molecule has 1 aromatic rings. The number of piperazine rings is 1. The lowest BCUT2D eigenvalue weighted by Crippen LogP contribution is -2.46. The van der Waals surface area contributed by atoms with Gasteiger partial charge in [-0.25, -0.2) is 4.98 Å². The van der Waals surface area contributed by atoms with Gasteiger partial charge >= 0.3 is 0 Å². The fourth-order valence-corrected chi connectivity index (χ4v) is 2.16. The Labute approximate surface area is 109 Å². The van der Waals surface area contributed by atoms with Gasteiger partial charge in [-0.15, -0.1) is 0 Å². The van der Waals surface area contributed by atoms with Crippen LogP contribution in [-0.2, 0) is 0 Å². The molecule has 2 rings (SSSR count). The van der Waals surface area contributed by atoms with E-state index in [1.165, 1.54) is 0 Å². The third-order valence-electron chi connectivity index (χ3n) is 3.29. The Morgan fingerprint density at radius 2 is 2.22 bits per heavy atom. The zero-order valence-corrected chi connectivity index (χ0v) is 11.2. The quantitative estimate of drug-likeness (QED) is 0.821. The van der Waals surface area contributed by atoms with Crippen molar-refractivity contribution in [2.45, 2.75) is 0 Å². The number of ether oxygens (including phenoxy) is 1. The predicted molar refractivity (Wildman–Crippen MR) is 73.4 cm³/mol. The van der Waals surface area contributed by atoms with Crippen LogP contribution in [0.5, 0.6) is 5.75 Å². The summed E-state index contributed by atoms with van der Waals surface area (Å²) in [4.78, 5) is 9.01. The van der Waals surface area contributed by atoms with E-state index in [2.05, 4.69) is 27.1 Å². The molecule has 0 radical (unpaired) electrons. The number of hydrogen-bond donors (Lipinski definition) is 1. The van der Waals surface area contributed by atoms with Gasteiger partial charge in [0.15, 0.2) is 11.6 Å². The van der Waals surface area contributed by atoms with Crippen LogP contribution in [0.2, 0.25) is 0 Å². The van der Waals surface area contributed by atoms with Crippen molar-refractivity contribution < 1.29 is 4.74 Å². The van der Waals surface area contributed by atoms with E-state index in [1.54, 1.807) is 13.3 Å². The van der Waals surface area contributed by atoms with Gasteiger partial charge in [-0.05, 0) is 12.1 Å². The summed E-state index contributed by atoms with van der Waals surface area (Å²) in [5, 5.41) is 3.36. The van der Waals surface area contributed by atoms with Crippen LogP contribution in [0.3, 0.4) is 0 Å². The monoisotopic (exact) mass is 250 g/mol. The van der Waals surface area contributed by atoms with Gasteiger partial charge in [0.2, 0.25) is 0 Å². The van der Waals surface area contributed by atoms with E-state index in [-0.39, 0.29) is 0 Å². The molecule has 0 aromatic carbocycles. The first kappa shape index (κ1) is 13.1. The lowest BCUT2D eigenvalue weighted by molar-refractivity contribution is 0.246. The van der Waals surface area contributed by atoms with Gasteiger partial charge in [0.25, 0.3) is 0 Å². The van der Waals surface area contributed by atoms with Gasteiger partial charge in [-0.1, -0.05) is 0 Å². The van der Waals surface area contributed by atoms with Crippen LogP contribution in [0, 0.1) is 0 Å². The molecule has 1 aromatic heterocycles. The molecular formula is C13H22N4O. The third kappa shape index (κ3) is 3.34. The lowest BCUT2D eigenvalue weighted by Gasteiger charge is -2.29. The number of pyridine rings is 1. The second-order valence-corrected chi connectivity index (χ2v) is 4.54. The van der Waals surface area contributed by atoms with Crippen LogP contribution in [0.15, 0.2) is 18.3 Å². The van der Waals surface area contributed by atoms with E-state index in [4.69, 9.17) is 4.74 Å². The second kappa shape index (κ2) is 6.56. The fourth-order valence-electron chi connectivity index (χ4n) is 2.16. The number of likely N-dealkylation sites (N-methyl/N-ethyl adjacent to an activating group) is 1. The van der Waals surface area contributed by atoms with Crippen molar-refractivity contribution in [3.05, 3.63) is 18.3 Å². The molecule has 1 saturated heterocycles. The predicted octanol–water partition coefficient (Wildman–Crippen LogP) is 0.432. The van der Waals surface area contributed by atoms with Crippen molar-refractivity contribution in [3.8, 4) is 5.75 Å². The zero-order valence-electron chi connectivity index (χ0n) is 11.2. The Bertz CT molecular complexity index is 366. The maximum atomic E-state index is 5.33. The smallest absolute Gasteiger partial charge is 0.171 e. The Morgan fingerprint density at radius 1 is 1.44 bits per heavy atom. The molecule has 1 N–H and O–H groups in total. The first-order valence-corrected chi connectivity index (χ1v) is 6.44. The summed E-state index contributed by atoms with van der Waals surface area (Å²) in [5.74, 6) is 1.75. The minimum absolute atomic E-state index is 0.834. The Hall–Kier alpha value is -1.33. The first-order chi connectivity index (χ1) is 8.81. The van der Waals surface area contributed by atoms with Gasteiger partial charge in [0.1, 0.15) is 0 Å². The lowest BCUT2D eigenvalue weighted by atomic mass is 10.3. The first-order valence-electron chi connectivity index (χ1n) is 6.44. The second-order valence-electron chi connectivity index (χ2n) is 4.54. The normalized spacial score (nSPS) is 16.6. The highest BCUT2D eigenvalue weighted by molar-refractivity contribution is 5.51. The van der Waals surface area contributed by atoms with Crippen molar-refractivity contribution in [1.29, 1.82) is 0 Å². The summed E-state index contributed by atoms with van der Waals surface area (Å²) >= 11 is 0. The van der Waals surface area contributed by atoms with Gasteiger partial charge in [0, 0.05) is 52.5 Å². The van der Waals surface area contributed by atoms with Crippen molar-refractivity contribution >= 4 is 5.82 Å². The number of rotatable bonds is 5. The summed E-state index contributed by atoms with van der Waals surface area (Å²) in [6.45, 7) is 6.49. The molecule has 0 amide bonds. The zero-order chi connectivity index (χ0) is 12.8. The van der Waals surface area contributed by atoms with Crippen molar-refractivity contribution in [1.82, 2.24) is 15.2 Å². The number of anilines is 1. The molecular weight excluding hydrogens is 228 g/mol. The summed E-state index contributed by atoms with van der Waals surface area (Å²) in [6.07, 6.45) is 1.80. The number of hydrogen-bond acceptors (Lipinski definition) is 5. The minimum Gasteiger partial charge on any atom is -0.493 e. The number of nitrogens with one attached hydrogen (secondary N) is 1. The van der Waals surface area contributed by atoms with E-state index in [0.29, 0.717) is 0 Å². The largest absolute Gasteiger partial charge is 0.493 e. The summed E-state index contributed by atoms with van der Waals surface area (Å²) in [7, 11) is 3.75. The highest BCUT2D eigenvalue weighted by Gasteiger charge is 2.12. The van der Waals surface area contributed by atoms with E-state index in [1.807, 2.05) is 12.1 Å².